The minimum absolute atomic E-state index is 0.123. The molecule has 0 aliphatic carbocycles. The van der Waals surface area contributed by atoms with Crippen LogP contribution in [0.1, 0.15) is 35.6 Å². The van der Waals surface area contributed by atoms with E-state index < -0.39 is 6.10 Å². The molecule has 3 nitrogen and oxygen atoms in total. The van der Waals surface area contributed by atoms with Crippen LogP contribution in [0.4, 0.5) is 0 Å². The molecule has 0 aliphatic heterocycles. The zero-order chi connectivity index (χ0) is 15.2. The summed E-state index contributed by atoms with van der Waals surface area (Å²) in [6.45, 7) is 5.01. The van der Waals surface area contributed by atoms with E-state index in [0.29, 0.717) is 13.2 Å². The summed E-state index contributed by atoms with van der Waals surface area (Å²) in [5, 5.41) is 10.6. The monoisotopic (exact) mass is 285 g/mol. The molecule has 2 aromatic carbocycles. The molecule has 0 saturated heterocycles. The Balaban J connectivity index is 2.22. The molecule has 0 amide bonds. The Morgan fingerprint density at radius 3 is 2.38 bits per heavy atom. The number of ether oxygens (including phenoxy) is 1. The second-order valence-electron chi connectivity index (χ2n) is 5.20. The van der Waals surface area contributed by atoms with Gasteiger partial charge in [0.05, 0.1) is 12.7 Å². The van der Waals surface area contributed by atoms with E-state index in [0.717, 1.165) is 22.4 Å². The van der Waals surface area contributed by atoms with E-state index >= 15 is 0 Å². The summed E-state index contributed by atoms with van der Waals surface area (Å²) in [5.74, 6) is 0.713. The van der Waals surface area contributed by atoms with Crippen molar-refractivity contribution in [3.63, 3.8) is 0 Å². The fraction of sp³-hybridized carbons (Fsp3) is 0.333. The minimum atomic E-state index is -0.604. The second-order valence-corrected chi connectivity index (χ2v) is 5.20. The summed E-state index contributed by atoms with van der Waals surface area (Å²) < 4.78 is 5.44. The first-order valence-electron chi connectivity index (χ1n) is 7.33. The smallest absolute Gasteiger partial charge is 0.119 e. The number of hydrogen-bond acceptors (Lipinski definition) is 3. The van der Waals surface area contributed by atoms with Crippen LogP contribution >= 0.6 is 0 Å². The van der Waals surface area contributed by atoms with Gasteiger partial charge < -0.3 is 15.6 Å². The van der Waals surface area contributed by atoms with Crippen molar-refractivity contribution in [3.8, 4) is 5.75 Å². The first-order valence-corrected chi connectivity index (χ1v) is 7.33. The van der Waals surface area contributed by atoms with Gasteiger partial charge in [-0.25, -0.2) is 0 Å². The standard InChI is InChI=1S/C18H23NO2/c1-3-21-16-9-7-14(8-10-16)17(12-19)18(20)15-6-4-5-13(2)11-15/h4-11,17-18,20H,3,12,19H2,1-2H3. The van der Waals surface area contributed by atoms with Crippen molar-refractivity contribution in [3.05, 3.63) is 65.2 Å². The van der Waals surface area contributed by atoms with Gasteiger partial charge in [-0.05, 0) is 37.1 Å². The Morgan fingerprint density at radius 2 is 1.81 bits per heavy atom. The fourth-order valence-electron chi connectivity index (χ4n) is 2.51. The lowest BCUT2D eigenvalue weighted by Gasteiger charge is -2.23. The maximum atomic E-state index is 10.6. The van der Waals surface area contributed by atoms with Crippen molar-refractivity contribution >= 4 is 0 Å². The molecule has 0 spiro atoms. The molecule has 0 bridgehead atoms. The van der Waals surface area contributed by atoms with Gasteiger partial charge in [0.2, 0.25) is 0 Å². The van der Waals surface area contributed by atoms with E-state index in [1.807, 2.05) is 62.4 Å². The highest BCUT2D eigenvalue weighted by atomic mass is 16.5. The van der Waals surface area contributed by atoms with Crippen LogP contribution in [0, 0.1) is 6.92 Å². The third-order valence-corrected chi connectivity index (χ3v) is 3.64. The number of aryl methyl sites for hydroxylation is 1. The minimum Gasteiger partial charge on any atom is -0.494 e. The average Bonchev–Trinajstić information content (AvgIpc) is 2.50. The van der Waals surface area contributed by atoms with Crippen LogP contribution in [-0.2, 0) is 0 Å². The average molecular weight is 285 g/mol. The summed E-state index contributed by atoms with van der Waals surface area (Å²) in [7, 11) is 0. The zero-order valence-electron chi connectivity index (χ0n) is 12.6. The van der Waals surface area contributed by atoms with Crippen LogP contribution in [0.25, 0.3) is 0 Å². The molecule has 112 valence electrons. The Bertz CT molecular complexity index is 566. The van der Waals surface area contributed by atoms with E-state index in [1.165, 1.54) is 0 Å². The van der Waals surface area contributed by atoms with E-state index in [9.17, 15) is 5.11 Å². The van der Waals surface area contributed by atoms with Crippen LogP contribution < -0.4 is 10.5 Å². The summed E-state index contributed by atoms with van der Waals surface area (Å²) in [6, 6.07) is 15.7. The molecule has 2 aromatic rings. The van der Waals surface area contributed by atoms with Gasteiger partial charge in [0.1, 0.15) is 5.75 Å². The number of benzene rings is 2. The lowest BCUT2D eigenvalue weighted by atomic mass is 9.89. The number of hydrogen-bond donors (Lipinski definition) is 2. The van der Waals surface area contributed by atoms with Gasteiger partial charge in [-0.15, -0.1) is 0 Å². The van der Waals surface area contributed by atoms with E-state index in [1.54, 1.807) is 0 Å². The first-order chi connectivity index (χ1) is 10.2. The molecule has 2 rings (SSSR count). The number of rotatable bonds is 6. The maximum Gasteiger partial charge on any atom is 0.119 e. The van der Waals surface area contributed by atoms with Crippen molar-refractivity contribution in [2.75, 3.05) is 13.2 Å². The van der Waals surface area contributed by atoms with Gasteiger partial charge in [0.25, 0.3) is 0 Å². The molecule has 3 N–H and O–H groups in total. The van der Waals surface area contributed by atoms with Gasteiger partial charge in [-0.3, -0.25) is 0 Å². The largest absolute Gasteiger partial charge is 0.494 e. The van der Waals surface area contributed by atoms with Gasteiger partial charge in [0.15, 0.2) is 0 Å². The predicted octanol–water partition coefficient (Wildman–Crippen LogP) is 3.17. The molecule has 0 aromatic heterocycles. The molecule has 0 saturated carbocycles. The van der Waals surface area contributed by atoms with E-state index in [-0.39, 0.29) is 5.92 Å². The highest BCUT2D eigenvalue weighted by Gasteiger charge is 2.21. The molecule has 0 fully saturated rings. The SMILES string of the molecule is CCOc1ccc(C(CN)C(O)c2cccc(C)c2)cc1. The second kappa shape index (κ2) is 7.25. The van der Waals surface area contributed by atoms with Gasteiger partial charge in [0, 0.05) is 12.5 Å². The molecular formula is C18H23NO2. The molecule has 21 heavy (non-hydrogen) atoms. The highest BCUT2D eigenvalue weighted by molar-refractivity contribution is 5.33. The third kappa shape index (κ3) is 3.84. The molecule has 2 atom stereocenters. The lowest BCUT2D eigenvalue weighted by Crippen LogP contribution is -2.20. The number of aliphatic hydroxyl groups excluding tert-OH is 1. The number of nitrogens with two attached hydrogens (primary N) is 1. The van der Waals surface area contributed by atoms with Crippen molar-refractivity contribution < 1.29 is 9.84 Å². The normalized spacial score (nSPS) is 13.7. The van der Waals surface area contributed by atoms with Crippen LogP contribution in [0.3, 0.4) is 0 Å². The van der Waals surface area contributed by atoms with Crippen molar-refractivity contribution in [1.82, 2.24) is 0 Å². The summed E-state index contributed by atoms with van der Waals surface area (Å²) in [6.07, 6.45) is -0.604. The van der Waals surface area contributed by atoms with E-state index in [4.69, 9.17) is 10.5 Å². The zero-order valence-corrected chi connectivity index (χ0v) is 12.6. The van der Waals surface area contributed by atoms with Crippen molar-refractivity contribution in [2.24, 2.45) is 5.73 Å². The highest BCUT2D eigenvalue weighted by Crippen LogP contribution is 2.31. The fourth-order valence-corrected chi connectivity index (χ4v) is 2.51. The topological polar surface area (TPSA) is 55.5 Å². The van der Waals surface area contributed by atoms with Gasteiger partial charge in [-0.1, -0.05) is 42.0 Å². The van der Waals surface area contributed by atoms with Gasteiger partial charge in [-0.2, -0.15) is 0 Å². The quantitative estimate of drug-likeness (QED) is 0.857. The third-order valence-electron chi connectivity index (χ3n) is 3.64. The van der Waals surface area contributed by atoms with Crippen LogP contribution in [0.5, 0.6) is 5.75 Å². The lowest BCUT2D eigenvalue weighted by molar-refractivity contribution is 0.147. The molecule has 0 heterocycles. The predicted molar refractivity (Wildman–Crippen MR) is 85.5 cm³/mol. The Kier molecular flexibility index (Phi) is 5.37. The summed E-state index contributed by atoms with van der Waals surface area (Å²) >= 11 is 0. The molecule has 0 aliphatic rings. The Hall–Kier alpha value is -1.84. The van der Waals surface area contributed by atoms with Crippen molar-refractivity contribution in [2.45, 2.75) is 25.9 Å². The maximum absolute atomic E-state index is 10.6. The van der Waals surface area contributed by atoms with Crippen LogP contribution in [-0.4, -0.2) is 18.3 Å². The molecular weight excluding hydrogens is 262 g/mol. The van der Waals surface area contributed by atoms with Crippen LogP contribution in [0.15, 0.2) is 48.5 Å². The van der Waals surface area contributed by atoms with E-state index in [2.05, 4.69) is 0 Å². The molecule has 3 heteroatoms. The van der Waals surface area contributed by atoms with Crippen LogP contribution in [0.2, 0.25) is 0 Å². The molecule has 2 unspecified atom stereocenters. The summed E-state index contributed by atoms with van der Waals surface area (Å²) in [5.41, 5.74) is 8.95. The van der Waals surface area contributed by atoms with Crippen molar-refractivity contribution in [1.29, 1.82) is 0 Å². The molecule has 0 radical (unpaired) electrons. The summed E-state index contributed by atoms with van der Waals surface area (Å²) in [4.78, 5) is 0. The Morgan fingerprint density at radius 1 is 1.10 bits per heavy atom. The Labute approximate surface area is 126 Å². The number of aliphatic hydroxyl groups is 1. The first kappa shape index (κ1) is 15.5. The van der Waals surface area contributed by atoms with Gasteiger partial charge >= 0.3 is 0 Å².